The minimum absolute atomic E-state index is 0.0194. The van der Waals surface area contributed by atoms with E-state index >= 15 is 0 Å². The first-order chi connectivity index (χ1) is 13.4. The van der Waals surface area contributed by atoms with Crippen LogP contribution in [-0.2, 0) is 4.79 Å². The van der Waals surface area contributed by atoms with E-state index in [1.54, 1.807) is 9.80 Å². The lowest BCUT2D eigenvalue weighted by molar-refractivity contribution is -0.133. The van der Waals surface area contributed by atoms with Gasteiger partial charge in [-0.05, 0) is 67.8 Å². The highest BCUT2D eigenvalue weighted by atomic mass is 19.1. The molecule has 1 saturated heterocycles. The Labute approximate surface area is 164 Å². The van der Waals surface area contributed by atoms with Crippen molar-refractivity contribution in [2.45, 2.75) is 20.3 Å². The Morgan fingerprint density at radius 2 is 1.61 bits per heavy atom. The molecular formula is C22H25FN2O3. The van der Waals surface area contributed by atoms with Crippen LogP contribution in [0.1, 0.15) is 27.9 Å². The highest BCUT2D eigenvalue weighted by Crippen LogP contribution is 2.17. The Morgan fingerprint density at radius 1 is 0.929 bits per heavy atom. The molecule has 0 atom stereocenters. The van der Waals surface area contributed by atoms with Crippen LogP contribution in [0.15, 0.2) is 42.5 Å². The van der Waals surface area contributed by atoms with Crippen molar-refractivity contribution < 1.29 is 18.7 Å². The maximum Gasteiger partial charge on any atom is 0.260 e. The van der Waals surface area contributed by atoms with Gasteiger partial charge in [-0.25, -0.2) is 4.39 Å². The average molecular weight is 384 g/mol. The van der Waals surface area contributed by atoms with E-state index in [0.717, 1.165) is 5.56 Å². The molecule has 0 radical (unpaired) electrons. The van der Waals surface area contributed by atoms with Crippen molar-refractivity contribution in [2.24, 2.45) is 0 Å². The van der Waals surface area contributed by atoms with Crippen LogP contribution >= 0.6 is 0 Å². The molecule has 148 valence electrons. The first-order valence-electron chi connectivity index (χ1n) is 9.47. The summed E-state index contributed by atoms with van der Waals surface area (Å²) in [6, 6.07) is 11.3. The summed E-state index contributed by atoms with van der Waals surface area (Å²) in [6.45, 7) is 6.08. The lowest BCUT2D eigenvalue weighted by Gasteiger charge is -2.22. The van der Waals surface area contributed by atoms with Crippen LogP contribution in [0.3, 0.4) is 0 Å². The van der Waals surface area contributed by atoms with Gasteiger partial charge in [0.1, 0.15) is 11.6 Å². The molecule has 1 aliphatic heterocycles. The number of hydrogen-bond donors (Lipinski definition) is 0. The second-order valence-corrected chi connectivity index (χ2v) is 7.07. The molecule has 0 saturated carbocycles. The van der Waals surface area contributed by atoms with Crippen molar-refractivity contribution in [3.8, 4) is 5.75 Å². The van der Waals surface area contributed by atoms with E-state index in [2.05, 4.69) is 0 Å². The molecule has 1 heterocycles. The summed E-state index contributed by atoms with van der Waals surface area (Å²) in [4.78, 5) is 28.5. The second kappa shape index (κ2) is 8.87. The summed E-state index contributed by atoms with van der Waals surface area (Å²) >= 11 is 0. The van der Waals surface area contributed by atoms with E-state index < -0.39 is 0 Å². The predicted molar refractivity (Wildman–Crippen MR) is 105 cm³/mol. The lowest BCUT2D eigenvalue weighted by Crippen LogP contribution is -2.39. The van der Waals surface area contributed by atoms with Crippen molar-refractivity contribution in [3.05, 3.63) is 65.0 Å². The summed E-state index contributed by atoms with van der Waals surface area (Å²) in [5.74, 6) is 0.0855. The first-order valence-corrected chi connectivity index (χ1v) is 9.47. The number of nitrogens with zero attached hydrogens (tertiary/aromatic N) is 2. The van der Waals surface area contributed by atoms with Crippen LogP contribution < -0.4 is 4.74 Å². The molecule has 6 heteroatoms. The quantitative estimate of drug-likeness (QED) is 0.813. The smallest absolute Gasteiger partial charge is 0.260 e. The second-order valence-electron chi connectivity index (χ2n) is 7.07. The standard InChI is InChI=1S/C22H25FN2O3/c1-16-4-9-20(14-17(16)2)28-15-21(26)24-10-3-11-25(13-12-24)22(27)18-5-7-19(23)8-6-18/h4-9,14H,3,10-13,15H2,1-2H3. The topological polar surface area (TPSA) is 49.9 Å². The van der Waals surface area contributed by atoms with E-state index in [-0.39, 0.29) is 24.2 Å². The molecule has 0 N–H and O–H groups in total. The third kappa shape index (κ3) is 4.88. The Kier molecular flexibility index (Phi) is 6.29. The molecular weight excluding hydrogens is 359 g/mol. The zero-order chi connectivity index (χ0) is 20.1. The Bertz CT molecular complexity index is 851. The van der Waals surface area contributed by atoms with Crippen LogP contribution in [0.4, 0.5) is 4.39 Å². The van der Waals surface area contributed by atoms with Crippen molar-refractivity contribution >= 4 is 11.8 Å². The number of benzene rings is 2. The number of hydrogen-bond acceptors (Lipinski definition) is 3. The molecule has 0 spiro atoms. The maximum absolute atomic E-state index is 13.1. The van der Waals surface area contributed by atoms with Gasteiger partial charge < -0.3 is 14.5 Å². The fraction of sp³-hybridized carbons (Fsp3) is 0.364. The minimum Gasteiger partial charge on any atom is -0.484 e. The van der Waals surface area contributed by atoms with Crippen LogP contribution in [-0.4, -0.2) is 54.4 Å². The number of carbonyl (C=O) groups is 2. The molecule has 2 amide bonds. The third-order valence-electron chi connectivity index (χ3n) is 5.07. The summed E-state index contributed by atoms with van der Waals surface area (Å²) in [5, 5.41) is 0. The molecule has 5 nitrogen and oxygen atoms in total. The Balaban J connectivity index is 1.53. The molecule has 3 rings (SSSR count). The Morgan fingerprint density at radius 3 is 2.32 bits per heavy atom. The van der Waals surface area contributed by atoms with E-state index in [1.807, 2.05) is 32.0 Å². The molecule has 1 aliphatic rings. The summed E-state index contributed by atoms with van der Waals surface area (Å²) in [6.07, 6.45) is 0.697. The summed E-state index contributed by atoms with van der Waals surface area (Å²) < 4.78 is 18.7. The van der Waals surface area contributed by atoms with Gasteiger partial charge in [0, 0.05) is 31.7 Å². The van der Waals surface area contributed by atoms with Gasteiger partial charge in [0.2, 0.25) is 0 Å². The molecule has 0 unspecified atom stereocenters. The van der Waals surface area contributed by atoms with Crippen LogP contribution in [0.25, 0.3) is 0 Å². The van der Waals surface area contributed by atoms with Gasteiger partial charge in [0.05, 0.1) is 0 Å². The monoisotopic (exact) mass is 384 g/mol. The predicted octanol–water partition coefficient (Wildman–Crippen LogP) is 3.20. The highest BCUT2D eigenvalue weighted by molar-refractivity contribution is 5.94. The van der Waals surface area contributed by atoms with Crippen molar-refractivity contribution in [2.75, 3.05) is 32.8 Å². The number of amides is 2. The molecule has 0 aromatic heterocycles. The van der Waals surface area contributed by atoms with Gasteiger partial charge in [-0.2, -0.15) is 0 Å². The van der Waals surface area contributed by atoms with Crippen molar-refractivity contribution in [1.82, 2.24) is 9.80 Å². The van der Waals surface area contributed by atoms with E-state index in [4.69, 9.17) is 4.74 Å². The van der Waals surface area contributed by atoms with E-state index in [9.17, 15) is 14.0 Å². The van der Waals surface area contributed by atoms with Crippen molar-refractivity contribution in [3.63, 3.8) is 0 Å². The number of ether oxygens (including phenoxy) is 1. The van der Waals surface area contributed by atoms with E-state index in [1.165, 1.54) is 29.8 Å². The zero-order valence-electron chi connectivity index (χ0n) is 16.3. The lowest BCUT2D eigenvalue weighted by atomic mass is 10.1. The minimum atomic E-state index is -0.368. The number of carbonyl (C=O) groups excluding carboxylic acids is 2. The zero-order valence-corrected chi connectivity index (χ0v) is 16.3. The fourth-order valence-corrected chi connectivity index (χ4v) is 3.19. The normalized spacial score (nSPS) is 14.5. The highest BCUT2D eigenvalue weighted by Gasteiger charge is 2.23. The van der Waals surface area contributed by atoms with Gasteiger partial charge in [0.25, 0.3) is 11.8 Å². The fourth-order valence-electron chi connectivity index (χ4n) is 3.19. The van der Waals surface area contributed by atoms with Gasteiger partial charge in [-0.15, -0.1) is 0 Å². The van der Waals surface area contributed by atoms with Crippen molar-refractivity contribution in [1.29, 1.82) is 0 Å². The maximum atomic E-state index is 13.1. The third-order valence-corrected chi connectivity index (χ3v) is 5.07. The molecule has 2 aromatic rings. The molecule has 0 aliphatic carbocycles. The molecule has 28 heavy (non-hydrogen) atoms. The number of aryl methyl sites for hydroxylation is 2. The van der Waals surface area contributed by atoms with E-state index in [0.29, 0.717) is 43.9 Å². The van der Waals surface area contributed by atoms with Crippen LogP contribution in [0.5, 0.6) is 5.75 Å². The number of halogens is 1. The largest absolute Gasteiger partial charge is 0.484 e. The molecule has 0 bridgehead atoms. The SMILES string of the molecule is Cc1ccc(OCC(=O)N2CCCN(C(=O)c3ccc(F)cc3)CC2)cc1C. The average Bonchev–Trinajstić information content (AvgIpc) is 2.95. The molecule has 2 aromatic carbocycles. The Hall–Kier alpha value is -2.89. The van der Waals surface area contributed by atoms with Gasteiger partial charge in [-0.3, -0.25) is 9.59 Å². The van der Waals surface area contributed by atoms with Crippen LogP contribution in [0, 0.1) is 19.7 Å². The summed E-state index contributed by atoms with van der Waals surface area (Å²) in [7, 11) is 0. The first kappa shape index (κ1) is 19.9. The van der Waals surface area contributed by atoms with Gasteiger partial charge in [0.15, 0.2) is 6.61 Å². The summed E-state index contributed by atoms with van der Waals surface area (Å²) in [5.41, 5.74) is 2.76. The van der Waals surface area contributed by atoms with Crippen LogP contribution in [0.2, 0.25) is 0 Å². The van der Waals surface area contributed by atoms with Gasteiger partial charge in [-0.1, -0.05) is 6.07 Å². The van der Waals surface area contributed by atoms with Gasteiger partial charge >= 0.3 is 0 Å². The number of rotatable bonds is 4. The molecule has 1 fully saturated rings.